The lowest BCUT2D eigenvalue weighted by Crippen LogP contribution is -2.55. The Labute approximate surface area is 327 Å². The van der Waals surface area contributed by atoms with Gasteiger partial charge in [0.1, 0.15) is 12.1 Å². The van der Waals surface area contributed by atoms with Gasteiger partial charge < -0.3 is 39.5 Å². The summed E-state index contributed by atoms with van der Waals surface area (Å²) in [5, 5.41) is 11.8. The number of carbonyl (C=O) groups is 6. The maximum Gasteiger partial charge on any atom is 0.527 e. The molecule has 306 valence electrons. The number of aromatic nitrogens is 2. The second-order valence-corrected chi connectivity index (χ2v) is 14.6. The fourth-order valence-corrected chi connectivity index (χ4v) is 6.51. The zero-order chi connectivity index (χ0) is 40.0. The van der Waals surface area contributed by atoms with Gasteiger partial charge in [-0.15, -0.1) is 5.06 Å². The normalized spacial score (nSPS) is 17.8. The van der Waals surface area contributed by atoms with Crippen molar-refractivity contribution in [3.8, 4) is 11.6 Å². The highest BCUT2D eigenvalue weighted by Crippen LogP contribution is 2.24. The monoisotopic (exact) mass is 781 g/mol. The molecule has 17 nitrogen and oxygen atoms in total. The number of nitrogens with one attached hydrogen (secondary N) is 2. The van der Waals surface area contributed by atoms with Crippen molar-refractivity contribution in [3.63, 3.8) is 0 Å². The molecular weight excluding hydrogens is 726 g/mol. The molecule has 17 heteroatoms. The van der Waals surface area contributed by atoms with Crippen LogP contribution in [-0.2, 0) is 33.5 Å². The summed E-state index contributed by atoms with van der Waals surface area (Å²) in [4.78, 5) is 86.5. The summed E-state index contributed by atoms with van der Waals surface area (Å²) in [7, 11) is 0. The number of ether oxygens (including phenoxy) is 3. The summed E-state index contributed by atoms with van der Waals surface area (Å²) in [5.41, 5.74) is 0.515. The molecule has 1 aromatic heterocycles. The summed E-state index contributed by atoms with van der Waals surface area (Å²) in [5.74, 6) is -2.07. The van der Waals surface area contributed by atoms with Crippen molar-refractivity contribution in [1.29, 1.82) is 0 Å². The Bertz CT molecular complexity index is 1660. The van der Waals surface area contributed by atoms with Gasteiger partial charge in [-0.05, 0) is 63.5 Å². The van der Waals surface area contributed by atoms with Crippen molar-refractivity contribution >= 4 is 35.8 Å². The first kappa shape index (κ1) is 42.0. The quantitative estimate of drug-likeness (QED) is 0.166. The van der Waals surface area contributed by atoms with E-state index < -0.39 is 24.1 Å². The SMILES string of the molecule is CCCCOC(=O)ON1CCN(C(=O)[C@H](CCCOC(=O)C(C)C)NC(=O)c2cc(OCC(=O)N3CCC[C@H]3C(=O)NC3CCC3)n(-c3ccccc3)n2)CC1. The standard InChI is InChI=1S/C39H55N7O10/c1-4-5-23-54-39(52)56-44-21-19-43(20-22-44)37(50)30(16-11-24-53-38(51)27(2)3)41-35(48)31-25-34(46(42-31)29-14-7-6-8-15-29)55-26-33(47)45-18-10-17-32(45)36(49)40-28-12-9-13-28/h6-8,14-15,25,27-28,30,32H,4-5,9-13,16-24,26H2,1-3H3,(H,40,49)(H,41,48)/t30-,32-/m0/s1. The van der Waals surface area contributed by atoms with Gasteiger partial charge in [0.15, 0.2) is 12.3 Å². The van der Waals surface area contributed by atoms with E-state index in [1.165, 1.54) is 15.8 Å². The van der Waals surface area contributed by atoms with Gasteiger partial charge in [0, 0.05) is 31.7 Å². The number of piperazine rings is 1. The molecule has 0 spiro atoms. The number of nitrogens with zero attached hydrogens (tertiary/aromatic N) is 5. The average Bonchev–Trinajstić information content (AvgIpc) is 3.85. The minimum Gasteiger partial charge on any atom is -0.467 e. The van der Waals surface area contributed by atoms with Crippen LogP contribution in [0.1, 0.15) is 89.0 Å². The van der Waals surface area contributed by atoms with E-state index in [0.717, 1.165) is 32.1 Å². The number of unbranched alkanes of at least 4 members (excludes halogenated alkanes) is 1. The lowest BCUT2D eigenvalue weighted by atomic mass is 9.93. The van der Waals surface area contributed by atoms with Gasteiger partial charge in [-0.1, -0.05) is 45.4 Å². The summed E-state index contributed by atoms with van der Waals surface area (Å²) in [6, 6.07) is 8.96. The van der Waals surface area contributed by atoms with Crippen LogP contribution in [0.5, 0.6) is 5.88 Å². The number of para-hydroxylation sites is 1. The molecule has 3 aliphatic rings. The van der Waals surface area contributed by atoms with Gasteiger partial charge >= 0.3 is 12.1 Å². The fourth-order valence-electron chi connectivity index (χ4n) is 6.51. The number of hydrogen-bond donors (Lipinski definition) is 2. The molecule has 2 atom stereocenters. The Hall–Kier alpha value is -5.19. The van der Waals surface area contributed by atoms with Crippen molar-refractivity contribution in [2.45, 2.75) is 96.7 Å². The van der Waals surface area contributed by atoms with E-state index in [9.17, 15) is 28.8 Å². The van der Waals surface area contributed by atoms with Crippen LogP contribution in [-0.4, -0.2) is 131 Å². The van der Waals surface area contributed by atoms with Crippen LogP contribution in [0.4, 0.5) is 4.79 Å². The fraction of sp³-hybridized carbons (Fsp3) is 0.615. The maximum absolute atomic E-state index is 13.9. The van der Waals surface area contributed by atoms with Gasteiger partial charge in [0.25, 0.3) is 11.8 Å². The van der Waals surface area contributed by atoms with Crippen molar-refractivity contribution in [1.82, 2.24) is 35.3 Å². The molecule has 2 saturated heterocycles. The largest absolute Gasteiger partial charge is 0.527 e. The van der Waals surface area contributed by atoms with E-state index in [4.69, 9.17) is 19.0 Å². The molecule has 56 heavy (non-hydrogen) atoms. The van der Waals surface area contributed by atoms with E-state index in [1.807, 2.05) is 13.0 Å². The summed E-state index contributed by atoms with van der Waals surface area (Å²) in [6.07, 6.45) is 5.53. The van der Waals surface area contributed by atoms with Crippen LogP contribution in [0.15, 0.2) is 36.4 Å². The molecule has 1 saturated carbocycles. The van der Waals surface area contributed by atoms with Crippen molar-refractivity contribution in [2.24, 2.45) is 5.92 Å². The lowest BCUT2D eigenvalue weighted by molar-refractivity contribution is -0.158. The summed E-state index contributed by atoms with van der Waals surface area (Å²) < 4.78 is 17.8. The third-order valence-electron chi connectivity index (χ3n) is 10.0. The lowest BCUT2D eigenvalue weighted by Gasteiger charge is -2.35. The first-order chi connectivity index (χ1) is 27.0. The minimum absolute atomic E-state index is 0.0564. The van der Waals surface area contributed by atoms with E-state index >= 15 is 0 Å². The van der Waals surface area contributed by atoms with E-state index in [-0.39, 0.29) is 99.6 Å². The number of esters is 1. The maximum atomic E-state index is 13.9. The van der Waals surface area contributed by atoms with E-state index in [1.54, 1.807) is 47.9 Å². The highest BCUT2D eigenvalue weighted by atomic mass is 16.8. The molecule has 4 amide bonds. The molecule has 5 rings (SSSR count). The van der Waals surface area contributed by atoms with Crippen LogP contribution in [0, 0.1) is 5.92 Å². The predicted octanol–water partition coefficient (Wildman–Crippen LogP) is 3.00. The Kier molecular flexibility index (Phi) is 15.5. The number of amides is 4. The van der Waals surface area contributed by atoms with Crippen LogP contribution in [0.25, 0.3) is 5.69 Å². The summed E-state index contributed by atoms with van der Waals surface area (Å²) in [6.45, 7) is 6.76. The first-order valence-electron chi connectivity index (χ1n) is 19.8. The molecule has 3 heterocycles. The molecule has 1 aliphatic carbocycles. The third kappa shape index (κ3) is 11.7. The molecule has 2 aliphatic heterocycles. The van der Waals surface area contributed by atoms with Crippen LogP contribution in [0.3, 0.4) is 0 Å². The van der Waals surface area contributed by atoms with Crippen LogP contribution >= 0.6 is 0 Å². The molecule has 3 fully saturated rings. The second kappa shape index (κ2) is 20.6. The molecule has 2 aromatic rings. The zero-order valence-electron chi connectivity index (χ0n) is 32.6. The van der Waals surface area contributed by atoms with Crippen LogP contribution in [0.2, 0.25) is 0 Å². The average molecular weight is 782 g/mol. The highest BCUT2D eigenvalue weighted by Gasteiger charge is 2.36. The van der Waals surface area contributed by atoms with Gasteiger partial charge in [0.2, 0.25) is 17.7 Å². The predicted molar refractivity (Wildman–Crippen MR) is 201 cm³/mol. The molecule has 0 bridgehead atoms. The Balaban J connectivity index is 1.25. The topological polar surface area (TPSA) is 191 Å². The first-order valence-corrected chi connectivity index (χ1v) is 19.8. The number of benzene rings is 1. The molecule has 1 aromatic carbocycles. The number of hydroxylamine groups is 2. The van der Waals surface area contributed by atoms with Gasteiger partial charge in [-0.25, -0.2) is 9.48 Å². The number of hydrogen-bond acceptors (Lipinski definition) is 12. The third-order valence-corrected chi connectivity index (χ3v) is 10.0. The molecular formula is C39H55N7O10. The van der Waals surface area contributed by atoms with Gasteiger partial charge in [-0.3, -0.25) is 24.0 Å². The summed E-state index contributed by atoms with van der Waals surface area (Å²) >= 11 is 0. The van der Waals surface area contributed by atoms with E-state index in [0.29, 0.717) is 31.5 Å². The second-order valence-electron chi connectivity index (χ2n) is 14.6. The Morgan fingerprint density at radius 3 is 2.30 bits per heavy atom. The molecule has 0 unspecified atom stereocenters. The van der Waals surface area contributed by atoms with Crippen LogP contribution < -0.4 is 15.4 Å². The Morgan fingerprint density at radius 1 is 0.893 bits per heavy atom. The van der Waals surface area contributed by atoms with Gasteiger partial charge in [0.05, 0.1) is 37.9 Å². The number of rotatable bonds is 18. The number of carbonyl (C=O) groups excluding carboxylic acids is 6. The van der Waals surface area contributed by atoms with Crippen molar-refractivity contribution in [2.75, 3.05) is 52.5 Å². The van der Waals surface area contributed by atoms with Crippen molar-refractivity contribution in [3.05, 3.63) is 42.1 Å². The smallest absolute Gasteiger partial charge is 0.467 e. The molecule has 2 N–H and O–H groups in total. The minimum atomic E-state index is -1.00. The van der Waals surface area contributed by atoms with E-state index in [2.05, 4.69) is 15.7 Å². The Morgan fingerprint density at radius 2 is 1.62 bits per heavy atom. The van der Waals surface area contributed by atoms with Gasteiger partial charge in [-0.2, -0.15) is 5.10 Å². The van der Waals surface area contributed by atoms with Crippen molar-refractivity contribution < 1.29 is 47.8 Å². The zero-order valence-corrected chi connectivity index (χ0v) is 32.6. The molecule has 0 radical (unpaired) electrons. The highest BCUT2D eigenvalue weighted by molar-refractivity contribution is 5.96. The number of likely N-dealkylation sites (tertiary alicyclic amines) is 1.